The molecule has 0 aliphatic carbocycles. The van der Waals surface area contributed by atoms with E-state index in [0.29, 0.717) is 11.3 Å². The summed E-state index contributed by atoms with van der Waals surface area (Å²) in [5.74, 6) is -0.227. The van der Waals surface area contributed by atoms with Gasteiger partial charge in [-0.25, -0.2) is 0 Å². The van der Waals surface area contributed by atoms with E-state index in [2.05, 4.69) is 16.0 Å². The van der Waals surface area contributed by atoms with Gasteiger partial charge in [-0.2, -0.15) is 0 Å². The molecule has 0 aliphatic rings. The standard InChI is InChI=1S/C13H19N3O2/c1-9(2)15-13(18)10-4-6-11(7-5-10)16-12(17)8-14-3/h4-7,9,14H,8H2,1-3H3,(H,15,18)(H,16,17). The molecule has 0 aromatic heterocycles. The van der Waals surface area contributed by atoms with Crippen LogP contribution in [0.4, 0.5) is 5.69 Å². The molecule has 98 valence electrons. The number of rotatable bonds is 5. The van der Waals surface area contributed by atoms with Crippen LogP contribution in [0, 0.1) is 0 Å². The van der Waals surface area contributed by atoms with Crippen molar-refractivity contribution in [1.29, 1.82) is 0 Å². The van der Waals surface area contributed by atoms with Gasteiger partial charge in [-0.05, 0) is 45.2 Å². The van der Waals surface area contributed by atoms with Gasteiger partial charge in [0, 0.05) is 17.3 Å². The van der Waals surface area contributed by atoms with Crippen LogP contribution in [0.15, 0.2) is 24.3 Å². The van der Waals surface area contributed by atoms with Gasteiger partial charge >= 0.3 is 0 Å². The van der Waals surface area contributed by atoms with Crippen molar-refractivity contribution in [3.05, 3.63) is 29.8 Å². The highest BCUT2D eigenvalue weighted by atomic mass is 16.2. The first kappa shape index (κ1) is 14.2. The predicted octanol–water partition coefficient (Wildman–Crippen LogP) is 0.983. The summed E-state index contributed by atoms with van der Waals surface area (Å²) in [5.41, 5.74) is 1.26. The molecule has 1 aromatic carbocycles. The largest absolute Gasteiger partial charge is 0.350 e. The summed E-state index contributed by atoms with van der Waals surface area (Å²) in [4.78, 5) is 23.0. The normalized spacial score (nSPS) is 10.2. The van der Waals surface area contributed by atoms with Gasteiger partial charge in [0.1, 0.15) is 0 Å². The number of hydrogen-bond acceptors (Lipinski definition) is 3. The second-order valence-corrected chi connectivity index (χ2v) is 4.28. The van der Waals surface area contributed by atoms with Crippen LogP contribution in [0.5, 0.6) is 0 Å². The molecule has 0 unspecified atom stereocenters. The van der Waals surface area contributed by atoms with Gasteiger partial charge in [0.25, 0.3) is 5.91 Å². The minimum absolute atomic E-state index is 0.104. The van der Waals surface area contributed by atoms with E-state index >= 15 is 0 Å². The third-order valence-electron chi connectivity index (χ3n) is 2.19. The molecule has 5 heteroatoms. The van der Waals surface area contributed by atoms with Crippen LogP contribution in [-0.4, -0.2) is 31.4 Å². The summed E-state index contributed by atoms with van der Waals surface area (Å²) in [6.45, 7) is 4.07. The van der Waals surface area contributed by atoms with Crippen molar-refractivity contribution >= 4 is 17.5 Å². The Balaban J connectivity index is 2.62. The maximum atomic E-state index is 11.7. The van der Waals surface area contributed by atoms with Crippen molar-refractivity contribution in [3.8, 4) is 0 Å². The van der Waals surface area contributed by atoms with Crippen LogP contribution in [0.1, 0.15) is 24.2 Å². The number of carbonyl (C=O) groups excluding carboxylic acids is 2. The molecule has 0 atom stereocenters. The zero-order valence-electron chi connectivity index (χ0n) is 10.9. The highest BCUT2D eigenvalue weighted by Crippen LogP contribution is 2.09. The summed E-state index contributed by atoms with van der Waals surface area (Å²) in [5, 5.41) is 8.28. The van der Waals surface area contributed by atoms with E-state index < -0.39 is 0 Å². The zero-order valence-corrected chi connectivity index (χ0v) is 10.9. The third-order valence-corrected chi connectivity index (χ3v) is 2.19. The fourth-order valence-electron chi connectivity index (χ4n) is 1.42. The molecule has 1 aromatic rings. The summed E-state index contributed by atoms with van der Waals surface area (Å²) in [7, 11) is 1.71. The lowest BCUT2D eigenvalue weighted by Gasteiger charge is -2.09. The first-order chi connectivity index (χ1) is 8.52. The van der Waals surface area contributed by atoms with E-state index in [1.165, 1.54) is 0 Å². The highest BCUT2D eigenvalue weighted by molar-refractivity contribution is 5.96. The smallest absolute Gasteiger partial charge is 0.251 e. The maximum absolute atomic E-state index is 11.7. The van der Waals surface area contributed by atoms with E-state index in [1.807, 2.05) is 13.8 Å². The number of amides is 2. The molecule has 2 amide bonds. The average molecular weight is 249 g/mol. The first-order valence-corrected chi connectivity index (χ1v) is 5.88. The van der Waals surface area contributed by atoms with Gasteiger partial charge in [-0.3, -0.25) is 9.59 Å². The Hall–Kier alpha value is -1.88. The number of carbonyl (C=O) groups is 2. The van der Waals surface area contributed by atoms with Crippen molar-refractivity contribution in [3.63, 3.8) is 0 Å². The fraction of sp³-hybridized carbons (Fsp3) is 0.385. The predicted molar refractivity (Wildman–Crippen MR) is 71.6 cm³/mol. The SMILES string of the molecule is CNCC(=O)Nc1ccc(C(=O)NC(C)C)cc1. The fourth-order valence-corrected chi connectivity index (χ4v) is 1.42. The Morgan fingerprint density at radius 1 is 1.17 bits per heavy atom. The molecule has 0 fully saturated rings. The lowest BCUT2D eigenvalue weighted by atomic mass is 10.2. The molecular weight excluding hydrogens is 230 g/mol. The number of likely N-dealkylation sites (N-methyl/N-ethyl adjacent to an activating group) is 1. The monoisotopic (exact) mass is 249 g/mol. The van der Waals surface area contributed by atoms with Crippen LogP contribution < -0.4 is 16.0 Å². The average Bonchev–Trinajstić information content (AvgIpc) is 2.29. The Labute approximate surface area is 107 Å². The summed E-state index contributed by atoms with van der Waals surface area (Å²) in [6.07, 6.45) is 0. The van der Waals surface area contributed by atoms with Crippen molar-refractivity contribution in [1.82, 2.24) is 10.6 Å². The summed E-state index contributed by atoms with van der Waals surface area (Å²) in [6, 6.07) is 6.90. The number of benzene rings is 1. The lowest BCUT2D eigenvalue weighted by molar-refractivity contribution is -0.115. The Bertz CT molecular complexity index is 413. The molecule has 0 bridgehead atoms. The molecule has 0 aliphatic heterocycles. The van der Waals surface area contributed by atoms with E-state index in [0.717, 1.165) is 0 Å². The second-order valence-electron chi connectivity index (χ2n) is 4.28. The van der Waals surface area contributed by atoms with E-state index in [4.69, 9.17) is 0 Å². The van der Waals surface area contributed by atoms with E-state index in [-0.39, 0.29) is 24.4 Å². The lowest BCUT2D eigenvalue weighted by Crippen LogP contribution is -2.30. The molecule has 0 saturated carbocycles. The molecule has 0 radical (unpaired) electrons. The molecule has 1 rings (SSSR count). The summed E-state index contributed by atoms with van der Waals surface area (Å²) < 4.78 is 0. The quantitative estimate of drug-likeness (QED) is 0.728. The van der Waals surface area contributed by atoms with Crippen LogP contribution in [-0.2, 0) is 4.79 Å². The Morgan fingerprint density at radius 2 is 1.78 bits per heavy atom. The molecule has 5 nitrogen and oxygen atoms in total. The number of hydrogen-bond donors (Lipinski definition) is 3. The van der Waals surface area contributed by atoms with Crippen molar-refractivity contribution < 1.29 is 9.59 Å². The van der Waals surface area contributed by atoms with Crippen molar-refractivity contribution in [2.75, 3.05) is 18.9 Å². The highest BCUT2D eigenvalue weighted by Gasteiger charge is 2.07. The van der Waals surface area contributed by atoms with Gasteiger partial charge in [0.15, 0.2) is 0 Å². The van der Waals surface area contributed by atoms with Gasteiger partial charge < -0.3 is 16.0 Å². The zero-order chi connectivity index (χ0) is 13.5. The van der Waals surface area contributed by atoms with Crippen molar-refractivity contribution in [2.24, 2.45) is 0 Å². The number of anilines is 1. The van der Waals surface area contributed by atoms with Crippen molar-refractivity contribution in [2.45, 2.75) is 19.9 Å². The minimum Gasteiger partial charge on any atom is -0.350 e. The minimum atomic E-state index is -0.114. The van der Waals surface area contributed by atoms with Gasteiger partial charge in [-0.1, -0.05) is 0 Å². The molecule has 18 heavy (non-hydrogen) atoms. The summed E-state index contributed by atoms with van der Waals surface area (Å²) >= 11 is 0. The van der Waals surface area contributed by atoms with Gasteiger partial charge in [0.05, 0.1) is 6.54 Å². The Kier molecular flexibility index (Phi) is 5.32. The molecular formula is C13H19N3O2. The molecule has 0 heterocycles. The number of nitrogens with one attached hydrogen (secondary N) is 3. The van der Waals surface area contributed by atoms with Crippen LogP contribution >= 0.6 is 0 Å². The van der Waals surface area contributed by atoms with Crippen LogP contribution in [0.25, 0.3) is 0 Å². The van der Waals surface area contributed by atoms with E-state index in [9.17, 15) is 9.59 Å². The first-order valence-electron chi connectivity index (χ1n) is 5.88. The second kappa shape index (κ2) is 6.76. The molecule has 3 N–H and O–H groups in total. The molecule has 0 saturated heterocycles. The van der Waals surface area contributed by atoms with Gasteiger partial charge in [0.2, 0.25) is 5.91 Å². The molecule has 0 spiro atoms. The maximum Gasteiger partial charge on any atom is 0.251 e. The van der Waals surface area contributed by atoms with E-state index in [1.54, 1.807) is 31.3 Å². The Morgan fingerprint density at radius 3 is 2.28 bits per heavy atom. The third kappa shape index (κ3) is 4.55. The van der Waals surface area contributed by atoms with Crippen LogP contribution in [0.2, 0.25) is 0 Å². The topological polar surface area (TPSA) is 70.2 Å². The van der Waals surface area contributed by atoms with Crippen LogP contribution in [0.3, 0.4) is 0 Å². The van der Waals surface area contributed by atoms with Gasteiger partial charge in [-0.15, -0.1) is 0 Å².